The Morgan fingerprint density at radius 2 is 2.14 bits per heavy atom. The Labute approximate surface area is 128 Å². The van der Waals surface area contributed by atoms with E-state index < -0.39 is 0 Å². The highest BCUT2D eigenvalue weighted by atomic mass is 32.1. The van der Waals surface area contributed by atoms with Gasteiger partial charge in [-0.15, -0.1) is 11.3 Å². The van der Waals surface area contributed by atoms with Gasteiger partial charge >= 0.3 is 5.97 Å². The van der Waals surface area contributed by atoms with E-state index in [1.165, 1.54) is 29.6 Å². The minimum Gasteiger partial charge on any atom is -0.464 e. The van der Waals surface area contributed by atoms with Crippen molar-refractivity contribution in [1.82, 2.24) is 4.98 Å². The number of benzene rings is 1. The number of aromatic nitrogens is 1. The molecule has 5 heteroatoms. The van der Waals surface area contributed by atoms with Crippen LogP contribution in [0.3, 0.4) is 0 Å². The van der Waals surface area contributed by atoms with Crippen LogP contribution in [-0.2, 0) is 17.6 Å². The van der Waals surface area contributed by atoms with Crippen LogP contribution < -0.4 is 5.32 Å². The number of hydrogen-bond donors (Lipinski definition) is 1. The second kappa shape index (κ2) is 5.85. The minimum atomic E-state index is -0.370. The summed E-state index contributed by atoms with van der Waals surface area (Å²) in [6.45, 7) is 1.89. The van der Waals surface area contributed by atoms with Crippen LogP contribution in [0.5, 0.6) is 0 Å². The number of carbonyl (C=O) groups is 1. The molecule has 4 nitrogen and oxygen atoms in total. The van der Waals surface area contributed by atoms with Gasteiger partial charge in [0, 0.05) is 10.9 Å². The zero-order chi connectivity index (χ0) is 14.8. The summed E-state index contributed by atoms with van der Waals surface area (Å²) in [5.41, 5.74) is 3.27. The average Bonchev–Trinajstić information content (AvgIpc) is 2.87. The normalized spacial score (nSPS) is 17.1. The third-order valence-corrected chi connectivity index (χ3v) is 4.75. The van der Waals surface area contributed by atoms with Crippen LogP contribution in [-0.4, -0.2) is 24.1 Å². The van der Waals surface area contributed by atoms with Crippen LogP contribution in [0.4, 0.5) is 5.13 Å². The molecule has 0 saturated carbocycles. The third kappa shape index (κ3) is 2.93. The number of thiazole rings is 1. The Morgan fingerprint density at radius 3 is 2.90 bits per heavy atom. The molecule has 0 saturated heterocycles. The van der Waals surface area contributed by atoms with Crippen molar-refractivity contribution in [2.24, 2.45) is 0 Å². The van der Waals surface area contributed by atoms with Crippen molar-refractivity contribution in [3.63, 3.8) is 0 Å². The van der Waals surface area contributed by atoms with Crippen molar-refractivity contribution in [2.45, 2.75) is 32.2 Å². The van der Waals surface area contributed by atoms with Crippen molar-refractivity contribution in [1.29, 1.82) is 0 Å². The number of esters is 1. The zero-order valence-electron chi connectivity index (χ0n) is 12.2. The number of hydrogen-bond acceptors (Lipinski definition) is 5. The van der Waals surface area contributed by atoms with Crippen LogP contribution in [0.1, 0.15) is 32.9 Å². The Bertz CT molecular complexity index is 666. The van der Waals surface area contributed by atoms with Crippen molar-refractivity contribution in [3.05, 3.63) is 46.0 Å². The molecule has 2 aromatic rings. The maximum Gasteiger partial charge on any atom is 0.357 e. The van der Waals surface area contributed by atoms with Crippen molar-refractivity contribution < 1.29 is 9.53 Å². The smallest absolute Gasteiger partial charge is 0.357 e. The molecule has 1 aliphatic rings. The summed E-state index contributed by atoms with van der Waals surface area (Å²) in [5, 5.41) is 4.26. The first-order valence-corrected chi connectivity index (χ1v) is 7.88. The van der Waals surface area contributed by atoms with E-state index in [0.29, 0.717) is 11.7 Å². The van der Waals surface area contributed by atoms with E-state index in [2.05, 4.69) is 34.6 Å². The summed E-state index contributed by atoms with van der Waals surface area (Å²) >= 11 is 1.51. The van der Waals surface area contributed by atoms with Gasteiger partial charge in [-0.1, -0.05) is 24.3 Å². The Hall–Kier alpha value is -1.88. The van der Waals surface area contributed by atoms with E-state index in [-0.39, 0.29) is 5.97 Å². The lowest BCUT2D eigenvalue weighted by Crippen LogP contribution is -2.27. The average molecular weight is 302 g/mol. The molecule has 0 radical (unpaired) electrons. The molecule has 1 atom stereocenters. The van der Waals surface area contributed by atoms with E-state index in [1.54, 1.807) is 0 Å². The molecule has 0 fully saturated rings. The zero-order valence-corrected chi connectivity index (χ0v) is 13.0. The van der Waals surface area contributed by atoms with Gasteiger partial charge in [0.15, 0.2) is 10.8 Å². The minimum absolute atomic E-state index is 0.370. The second-order valence-corrected chi connectivity index (χ2v) is 6.47. The molecule has 0 spiro atoms. The predicted molar refractivity (Wildman–Crippen MR) is 84.1 cm³/mol. The Kier molecular flexibility index (Phi) is 3.92. The molecule has 1 aliphatic carbocycles. The first-order valence-electron chi connectivity index (χ1n) is 7.06. The lowest BCUT2D eigenvalue weighted by atomic mass is 9.88. The van der Waals surface area contributed by atoms with E-state index in [1.807, 2.05) is 6.92 Å². The number of carbonyl (C=O) groups excluding carboxylic acids is 1. The van der Waals surface area contributed by atoms with Crippen LogP contribution in [0.25, 0.3) is 0 Å². The lowest BCUT2D eigenvalue weighted by Gasteiger charge is -2.25. The summed E-state index contributed by atoms with van der Waals surface area (Å²) in [6, 6.07) is 8.95. The van der Waals surface area contributed by atoms with Gasteiger partial charge in [-0.05, 0) is 37.3 Å². The van der Waals surface area contributed by atoms with Crippen LogP contribution in [0.15, 0.2) is 24.3 Å². The maximum atomic E-state index is 11.6. The molecule has 21 heavy (non-hydrogen) atoms. The fourth-order valence-electron chi connectivity index (χ4n) is 2.74. The molecule has 1 N–H and O–H groups in total. The molecular weight excluding hydrogens is 284 g/mol. The highest BCUT2D eigenvalue weighted by Crippen LogP contribution is 2.27. The largest absolute Gasteiger partial charge is 0.464 e. The van der Waals surface area contributed by atoms with Crippen LogP contribution in [0.2, 0.25) is 0 Å². The highest BCUT2D eigenvalue weighted by molar-refractivity contribution is 7.15. The van der Waals surface area contributed by atoms with Gasteiger partial charge in [-0.3, -0.25) is 0 Å². The Balaban J connectivity index is 1.72. The quantitative estimate of drug-likeness (QED) is 0.885. The van der Waals surface area contributed by atoms with Gasteiger partial charge < -0.3 is 10.1 Å². The molecule has 1 heterocycles. The number of rotatable bonds is 3. The van der Waals surface area contributed by atoms with Gasteiger partial charge in [-0.2, -0.15) is 0 Å². The monoisotopic (exact) mass is 302 g/mol. The topological polar surface area (TPSA) is 51.2 Å². The first-order chi connectivity index (χ1) is 10.2. The summed E-state index contributed by atoms with van der Waals surface area (Å²) in [5.74, 6) is -0.370. The number of nitrogens with one attached hydrogen (secondary N) is 1. The molecule has 110 valence electrons. The molecule has 0 aliphatic heterocycles. The number of fused-ring (bicyclic) bond motifs is 1. The summed E-state index contributed by atoms with van der Waals surface area (Å²) < 4.78 is 4.74. The standard InChI is InChI=1S/C16H18N2O2S/c1-10-14(15(19)20-2)18-16(21-10)17-13-8-7-11-5-3-4-6-12(11)9-13/h3-6,13H,7-9H2,1-2H3,(H,17,18). The fraction of sp³-hybridized carbons (Fsp3) is 0.375. The molecular formula is C16H18N2O2S. The molecule has 0 amide bonds. The van der Waals surface area contributed by atoms with Crippen molar-refractivity contribution in [2.75, 3.05) is 12.4 Å². The number of aryl methyl sites for hydroxylation is 2. The SMILES string of the molecule is COC(=O)c1nc(NC2CCc3ccccc3C2)sc1C. The van der Waals surface area contributed by atoms with Gasteiger partial charge in [0.05, 0.1) is 7.11 Å². The van der Waals surface area contributed by atoms with E-state index in [0.717, 1.165) is 29.3 Å². The van der Waals surface area contributed by atoms with Gasteiger partial charge in [0.2, 0.25) is 0 Å². The van der Waals surface area contributed by atoms with E-state index in [4.69, 9.17) is 4.74 Å². The van der Waals surface area contributed by atoms with Crippen LogP contribution >= 0.6 is 11.3 Å². The number of ether oxygens (including phenoxy) is 1. The lowest BCUT2D eigenvalue weighted by molar-refractivity contribution is 0.0594. The summed E-state index contributed by atoms with van der Waals surface area (Å²) in [6.07, 6.45) is 3.17. The van der Waals surface area contributed by atoms with Crippen LogP contribution in [0, 0.1) is 6.92 Å². The first kappa shape index (κ1) is 14.1. The number of anilines is 1. The summed E-state index contributed by atoms with van der Waals surface area (Å²) in [4.78, 5) is 16.9. The molecule has 1 aromatic heterocycles. The Morgan fingerprint density at radius 1 is 1.38 bits per heavy atom. The highest BCUT2D eigenvalue weighted by Gasteiger charge is 2.21. The van der Waals surface area contributed by atoms with Gasteiger partial charge in [0.1, 0.15) is 0 Å². The van der Waals surface area contributed by atoms with Gasteiger partial charge in [-0.25, -0.2) is 9.78 Å². The molecule has 0 bridgehead atoms. The van der Waals surface area contributed by atoms with Crippen molar-refractivity contribution >= 4 is 22.4 Å². The number of methoxy groups -OCH3 is 1. The van der Waals surface area contributed by atoms with E-state index in [9.17, 15) is 4.79 Å². The second-order valence-electron chi connectivity index (χ2n) is 5.27. The molecule has 3 rings (SSSR count). The van der Waals surface area contributed by atoms with Gasteiger partial charge in [0.25, 0.3) is 0 Å². The van der Waals surface area contributed by atoms with E-state index >= 15 is 0 Å². The molecule has 1 unspecified atom stereocenters. The third-order valence-electron chi connectivity index (χ3n) is 3.85. The predicted octanol–water partition coefficient (Wildman–Crippen LogP) is 3.21. The fourth-order valence-corrected chi connectivity index (χ4v) is 3.62. The molecule has 1 aromatic carbocycles. The number of nitrogens with zero attached hydrogens (tertiary/aromatic N) is 1. The maximum absolute atomic E-state index is 11.6. The summed E-state index contributed by atoms with van der Waals surface area (Å²) in [7, 11) is 1.38. The van der Waals surface area contributed by atoms with Crippen molar-refractivity contribution in [3.8, 4) is 0 Å².